The van der Waals surface area contributed by atoms with E-state index >= 15 is 0 Å². The largest absolute Gasteiger partial charge is 0.381 e. The second kappa shape index (κ2) is 7.57. The molecule has 0 aromatic heterocycles. The Hall–Kier alpha value is 0.270. The summed E-state index contributed by atoms with van der Waals surface area (Å²) in [6.45, 7) is 7.49. The van der Waals surface area contributed by atoms with Crippen LogP contribution in [-0.4, -0.2) is 37.8 Å². The van der Waals surface area contributed by atoms with Crippen molar-refractivity contribution in [2.75, 3.05) is 31.8 Å². The Morgan fingerprint density at radius 2 is 2.25 bits per heavy atom. The van der Waals surface area contributed by atoms with E-state index in [0.29, 0.717) is 11.5 Å². The summed E-state index contributed by atoms with van der Waals surface area (Å²) in [5, 5.41) is 3.60. The van der Waals surface area contributed by atoms with Crippen LogP contribution >= 0.6 is 11.8 Å². The van der Waals surface area contributed by atoms with Crippen LogP contribution in [0.25, 0.3) is 0 Å². The zero-order valence-corrected chi connectivity index (χ0v) is 11.9. The standard InChI is InChI=1S/C13H27NOS/c1-12(2)14-10-13(7-5-9-16-3)6-4-8-15-11-13/h12,14H,4-11H2,1-3H3. The molecule has 16 heavy (non-hydrogen) atoms. The Morgan fingerprint density at radius 1 is 1.44 bits per heavy atom. The maximum absolute atomic E-state index is 5.70. The van der Waals surface area contributed by atoms with E-state index in [1.807, 2.05) is 11.8 Å². The molecule has 1 N–H and O–H groups in total. The van der Waals surface area contributed by atoms with Gasteiger partial charge in [-0.2, -0.15) is 11.8 Å². The van der Waals surface area contributed by atoms with E-state index in [4.69, 9.17) is 4.74 Å². The van der Waals surface area contributed by atoms with Crippen molar-refractivity contribution >= 4 is 11.8 Å². The van der Waals surface area contributed by atoms with Crippen LogP contribution in [0.4, 0.5) is 0 Å². The minimum atomic E-state index is 0.415. The first-order chi connectivity index (χ1) is 7.68. The lowest BCUT2D eigenvalue weighted by atomic mass is 9.78. The van der Waals surface area contributed by atoms with Gasteiger partial charge in [0, 0.05) is 24.6 Å². The molecule has 1 saturated heterocycles. The summed E-state index contributed by atoms with van der Waals surface area (Å²) < 4.78 is 5.70. The van der Waals surface area contributed by atoms with Crippen LogP contribution in [0.3, 0.4) is 0 Å². The molecule has 1 fully saturated rings. The maximum atomic E-state index is 5.70. The average molecular weight is 245 g/mol. The molecule has 1 aliphatic heterocycles. The fraction of sp³-hybridized carbons (Fsp3) is 1.00. The smallest absolute Gasteiger partial charge is 0.0534 e. The van der Waals surface area contributed by atoms with E-state index in [1.54, 1.807) is 0 Å². The highest BCUT2D eigenvalue weighted by Gasteiger charge is 2.32. The molecule has 0 saturated carbocycles. The highest BCUT2D eigenvalue weighted by molar-refractivity contribution is 7.98. The van der Waals surface area contributed by atoms with Crippen molar-refractivity contribution in [1.29, 1.82) is 0 Å². The Labute approximate surface area is 105 Å². The topological polar surface area (TPSA) is 21.3 Å². The van der Waals surface area contributed by atoms with Gasteiger partial charge in [-0.25, -0.2) is 0 Å². The van der Waals surface area contributed by atoms with Gasteiger partial charge in [0.05, 0.1) is 6.61 Å². The van der Waals surface area contributed by atoms with E-state index in [9.17, 15) is 0 Å². The second-order valence-corrected chi connectivity index (χ2v) is 6.27. The molecule has 0 aliphatic carbocycles. The Bertz CT molecular complexity index is 179. The van der Waals surface area contributed by atoms with Crippen molar-refractivity contribution < 1.29 is 4.74 Å². The summed E-state index contributed by atoms with van der Waals surface area (Å²) >= 11 is 1.95. The quantitative estimate of drug-likeness (QED) is 0.697. The first kappa shape index (κ1) is 14.3. The molecule has 1 rings (SSSR count). The second-order valence-electron chi connectivity index (χ2n) is 5.29. The summed E-state index contributed by atoms with van der Waals surface area (Å²) in [7, 11) is 0. The van der Waals surface area contributed by atoms with Gasteiger partial charge in [-0.1, -0.05) is 13.8 Å². The molecule has 0 aromatic rings. The van der Waals surface area contributed by atoms with Crippen molar-refractivity contribution in [2.45, 2.75) is 45.6 Å². The minimum absolute atomic E-state index is 0.415. The van der Waals surface area contributed by atoms with E-state index in [2.05, 4.69) is 25.4 Å². The molecule has 1 heterocycles. The summed E-state index contributed by atoms with van der Waals surface area (Å²) in [5.41, 5.74) is 0.415. The fourth-order valence-corrected chi connectivity index (χ4v) is 2.78. The van der Waals surface area contributed by atoms with Gasteiger partial charge in [-0.05, 0) is 37.7 Å². The first-order valence-corrected chi connectivity index (χ1v) is 7.88. The molecule has 1 unspecified atom stereocenters. The molecule has 1 aliphatic rings. The first-order valence-electron chi connectivity index (χ1n) is 6.49. The number of rotatable bonds is 7. The van der Waals surface area contributed by atoms with Crippen molar-refractivity contribution in [1.82, 2.24) is 5.32 Å². The molecule has 3 heteroatoms. The van der Waals surface area contributed by atoms with E-state index in [1.165, 1.54) is 31.4 Å². The predicted molar refractivity (Wildman–Crippen MR) is 73.2 cm³/mol. The summed E-state index contributed by atoms with van der Waals surface area (Å²) in [6.07, 6.45) is 7.40. The van der Waals surface area contributed by atoms with Gasteiger partial charge in [0.25, 0.3) is 0 Å². The third-order valence-electron chi connectivity index (χ3n) is 3.34. The minimum Gasteiger partial charge on any atom is -0.381 e. The van der Waals surface area contributed by atoms with Crippen LogP contribution < -0.4 is 5.32 Å². The van der Waals surface area contributed by atoms with Gasteiger partial charge in [0.1, 0.15) is 0 Å². The van der Waals surface area contributed by atoms with Gasteiger partial charge in [0.15, 0.2) is 0 Å². The predicted octanol–water partition coefficient (Wildman–Crippen LogP) is 2.92. The van der Waals surface area contributed by atoms with E-state index in [-0.39, 0.29) is 0 Å². The molecular weight excluding hydrogens is 218 g/mol. The lowest BCUT2D eigenvalue weighted by molar-refractivity contribution is -0.0131. The van der Waals surface area contributed by atoms with Crippen LogP contribution in [0.2, 0.25) is 0 Å². The van der Waals surface area contributed by atoms with Crippen LogP contribution in [0, 0.1) is 5.41 Å². The molecule has 0 aromatic carbocycles. The zero-order chi connectivity index (χ0) is 11.9. The van der Waals surface area contributed by atoms with Gasteiger partial charge in [-0.3, -0.25) is 0 Å². The maximum Gasteiger partial charge on any atom is 0.0534 e. The van der Waals surface area contributed by atoms with Crippen molar-refractivity contribution in [3.05, 3.63) is 0 Å². The average Bonchev–Trinajstić information content (AvgIpc) is 2.28. The highest BCUT2D eigenvalue weighted by Crippen LogP contribution is 2.33. The van der Waals surface area contributed by atoms with E-state index in [0.717, 1.165) is 19.8 Å². The lowest BCUT2D eigenvalue weighted by Gasteiger charge is -2.38. The van der Waals surface area contributed by atoms with E-state index < -0.39 is 0 Å². The number of thioether (sulfide) groups is 1. The third kappa shape index (κ3) is 5.07. The summed E-state index contributed by atoms with van der Waals surface area (Å²) in [6, 6.07) is 0.583. The monoisotopic (exact) mass is 245 g/mol. The van der Waals surface area contributed by atoms with Crippen LogP contribution in [0.5, 0.6) is 0 Å². The van der Waals surface area contributed by atoms with Crippen LogP contribution in [0.15, 0.2) is 0 Å². The molecule has 1 atom stereocenters. The molecule has 0 spiro atoms. The fourth-order valence-electron chi connectivity index (χ4n) is 2.35. The summed E-state index contributed by atoms with van der Waals surface area (Å²) in [5.74, 6) is 1.28. The Balaban J connectivity index is 2.39. The SMILES string of the molecule is CSCCCC1(CNC(C)C)CCCOC1. The zero-order valence-electron chi connectivity index (χ0n) is 11.1. The molecule has 96 valence electrons. The highest BCUT2D eigenvalue weighted by atomic mass is 32.2. The normalized spacial score (nSPS) is 26.2. The number of hydrogen-bond donors (Lipinski definition) is 1. The Kier molecular flexibility index (Phi) is 6.78. The van der Waals surface area contributed by atoms with Crippen molar-refractivity contribution in [3.8, 4) is 0 Å². The van der Waals surface area contributed by atoms with Crippen LogP contribution in [0.1, 0.15) is 39.5 Å². The number of ether oxygens (including phenoxy) is 1. The van der Waals surface area contributed by atoms with Crippen molar-refractivity contribution in [2.24, 2.45) is 5.41 Å². The van der Waals surface area contributed by atoms with Gasteiger partial charge < -0.3 is 10.1 Å². The molecule has 0 amide bonds. The van der Waals surface area contributed by atoms with Crippen molar-refractivity contribution in [3.63, 3.8) is 0 Å². The molecule has 0 radical (unpaired) electrons. The third-order valence-corrected chi connectivity index (χ3v) is 4.04. The number of hydrogen-bond acceptors (Lipinski definition) is 3. The van der Waals surface area contributed by atoms with Gasteiger partial charge >= 0.3 is 0 Å². The Morgan fingerprint density at radius 3 is 2.81 bits per heavy atom. The lowest BCUT2D eigenvalue weighted by Crippen LogP contribution is -2.43. The summed E-state index contributed by atoms with van der Waals surface area (Å²) in [4.78, 5) is 0. The van der Waals surface area contributed by atoms with Crippen LogP contribution in [-0.2, 0) is 4.74 Å². The molecular formula is C13H27NOS. The molecule has 2 nitrogen and oxygen atoms in total. The molecule has 0 bridgehead atoms. The number of nitrogens with one attached hydrogen (secondary N) is 1. The van der Waals surface area contributed by atoms with Gasteiger partial charge in [0.2, 0.25) is 0 Å². The van der Waals surface area contributed by atoms with Gasteiger partial charge in [-0.15, -0.1) is 0 Å².